The molecule has 2 aromatic rings. The molecule has 18 heavy (non-hydrogen) atoms. The molecular formula is C11H9Cl3N4. The van der Waals surface area contributed by atoms with Gasteiger partial charge in [0.25, 0.3) is 0 Å². The Labute approximate surface area is 119 Å². The first kappa shape index (κ1) is 13.2. The molecule has 0 bridgehead atoms. The zero-order valence-corrected chi connectivity index (χ0v) is 11.3. The molecular weight excluding hydrogens is 295 g/mol. The number of nitrogens with two attached hydrogens (primary N) is 1. The van der Waals surface area contributed by atoms with Crippen molar-refractivity contribution in [2.24, 2.45) is 5.84 Å². The Morgan fingerprint density at radius 1 is 1.00 bits per heavy atom. The zero-order valence-electron chi connectivity index (χ0n) is 9.05. The third-order valence-corrected chi connectivity index (χ3v) is 3.23. The summed E-state index contributed by atoms with van der Waals surface area (Å²) in [4.78, 5) is 4.00. The van der Waals surface area contributed by atoms with Crippen LogP contribution in [0.15, 0.2) is 30.5 Å². The Hall–Kier alpha value is -1.20. The van der Waals surface area contributed by atoms with Crippen molar-refractivity contribution in [3.8, 4) is 0 Å². The number of nitrogens with zero attached hydrogens (tertiary/aromatic N) is 1. The van der Waals surface area contributed by atoms with Gasteiger partial charge in [-0.1, -0.05) is 34.8 Å². The molecule has 0 fully saturated rings. The van der Waals surface area contributed by atoms with Crippen LogP contribution >= 0.6 is 34.8 Å². The summed E-state index contributed by atoms with van der Waals surface area (Å²) >= 11 is 17.9. The van der Waals surface area contributed by atoms with Crippen LogP contribution in [0.5, 0.6) is 0 Å². The van der Waals surface area contributed by atoms with Gasteiger partial charge in [-0.3, -0.25) is 0 Å². The van der Waals surface area contributed by atoms with Crippen molar-refractivity contribution in [2.75, 3.05) is 10.7 Å². The summed E-state index contributed by atoms with van der Waals surface area (Å²) in [6.45, 7) is 0. The molecule has 0 saturated carbocycles. The highest BCUT2D eigenvalue weighted by atomic mass is 35.5. The summed E-state index contributed by atoms with van der Waals surface area (Å²) in [6, 6.07) is 6.75. The maximum absolute atomic E-state index is 6.06. The third-order valence-electron chi connectivity index (χ3n) is 2.20. The highest BCUT2D eigenvalue weighted by Crippen LogP contribution is 2.34. The second-order valence-electron chi connectivity index (χ2n) is 3.45. The summed E-state index contributed by atoms with van der Waals surface area (Å²) < 4.78 is 0. The number of nitrogens with one attached hydrogen (secondary N) is 2. The van der Waals surface area contributed by atoms with Crippen molar-refractivity contribution in [2.45, 2.75) is 0 Å². The fourth-order valence-corrected chi connectivity index (χ4v) is 1.96. The van der Waals surface area contributed by atoms with E-state index >= 15 is 0 Å². The van der Waals surface area contributed by atoms with Gasteiger partial charge in [-0.15, -0.1) is 0 Å². The highest BCUT2D eigenvalue weighted by Gasteiger charge is 2.06. The van der Waals surface area contributed by atoms with Crippen molar-refractivity contribution in [1.82, 2.24) is 4.98 Å². The fourth-order valence-electron chi connectivity index (χ4n) is 1.36. The van der Waals surface area contributed by atoms with Crippen LogP contribution in [0, 0.1) is 0 Å². The van der Waals surface area contributed by atoms with Crippen molar-refractivity contribution < 1.29 is 0 Å². The lowest BCUT2D eigenvalue weighted by molar-refractivity contribution is 1.23. The second-order valence-corrected chi connectivity index (χ2v) is 4.67. The summed E-state index contributed by atoms with van der Waals surface area (Å²) in [6.07, 6.45) is 1.61. The molecule has 0 aliphatic rings. The molecule has 0 spiro atoms. The number of pyridine rings is 1. The predicted octanol–water partition coefficient (Wildman–Crippen LogP) is 4.07. The van der Waals surface area contributed by atoms with E-state index in [1.807, 2.05) is 0 Å². The standard InChI is InChI=1S/C11H9Cl3N4/c12-7-4-9(14)10(5-8(7)13)17-6-1-2-16-11(3-6)18-15/h1-5H,15H2,(H2,16,17,18). The molecule has 0 aliphatic heterocycles. The maximum atomic E-state index is 6.06. The van der Waals surface area contributed by atoms with Gasteiger partial charge in [-0.2, -0.15) is 0 Å². The molecule has 2 rings (SSSR count). The Bertz CT molecular complexity index is 574. The molecule has 94 valence electrons. The summed E-state index contributed by atoms with van der Waals surface area (Å²) in [5.41, 5.74) is 3.89. The van der Waals surface area contributed by atoms with Crippen LogP contribution in [0.3, 0.4) is 0 Å². The second kappa shape index (κ2) is 5.63. The first-order valence-corrected chi connectivity index (χ1v) is 6.08. The Morgan fingerprint density at radius 3 is 2.44 bits per heavy atom. The van der Waals surface area contributed by atoms with E-state index in [4.69, 9.17) is 40.6 Å². The lowest BCUT2D eigenvalue weighted by atomic mass is 10.3. The SMILES string of the molecule is NNc1cc(Nc2cc(Cl)c(Cl)cc2Cl)ccn1. The molecule has 0 amide bonds. The van der Waals surface area contributed by atoms with Crippen LogP contribution in [0.1, 0.15) is 0 Å². The summed E-state index contributed by atoms with van der Waals surface area (Å²) in [7, 11) is 0. The van der Waals surface area contributed by atoms with Crippen molar-refractivity contribution >= 4 is 52.0 Å². The number of hydrogen-bond acceptors (Lipinski definition) is 4. The average Bonchev–Trinajstić information content (AvgIpc) is 2.36. The lowest BCUT2D eigenvalue weighted by Crippen LogP contribution is -2.08. The molecule has 7 heteroatoms. The van der Waals surface area contributed by atoms with E-state index in [1.165, 1.54) is 0 Å². The first-order valence-electron chi connectivity index (χ1n) is 4.94. The van der Waals surface area contributed by atoms with Gasteiger partial charge < -0.3 is 10.7 Å². The van der Waals surface area contributed by atoms with Gasteiger partial charge >= 0.3 is 0 Å². The molecule has 0 atom stereocenters. The van der Waals surface area contributed by atoms with Crippen LogP contribution in [0.2, 0.25) is 15.1 Å². The minimum Gasteiger partial charge on any atom is -0.354 e. The molecule has 4 N–H and O–H groups in total. The van der Waals surface area contributed by atoms with Gasteiger partial charge in [-0.05, 0) is 18.2 Å². The smallest absolute Gasteiger partial charge is 0.141 e. The van der Waals surface area contributed by atoms with Crippen LogP contribution in [0.25, 0.3) is 0 Å². The molecule has 1 heterocycles. The molecule has 0 unspecified atom stereocenters. The van der Waals surface area contributed by atoms with E-state index < -0.39 is 0 Å². The van der Waals surface area contributed by atoms with Crippen LogP contribution < -0.4 is 16.6 Å². The topological polar surface area (TPSA) is 63.0 Å². The number of nitrogen functional groups attached to an aromatic ring is 1. The van der Waals surface area contributed by atoms with Gasteiger partial charge in [0.15, 0.2) is 0 Å². The third kappa shape index (κ3) is 2.97. The van der Waals surface area contributed by atoms with Gasteiger partial charge in [0.05, 0.1) is 20.8 Å². The largest absolute Gasteiger partial charge is 0.354 e. The van der Waals surface area contributed by atoms with Crippen molar-refractivity contribution in [1.29, 1.82) is 0 Å². The monoisotopic (exact) mass is 302 g/mol. The maximum Gasteiger partial charge on any atom is 0.141 e. The molecule has 0 saturated heterocycles. The van der Waals surface area contributed by atoms with Gasteiger partial charge in [0.2, 0.25) is 0 Å². The van der Waals surface area contributed by atoms with Crippen LogP contribution in [-0.4, -0.2) is 4.98 Å². The number of halogens is 3. The van der Waals surface area contributed by atoms with E-state index in [9.17, 15) is 0 Å². The van der Waals surface area contributed by atoms with Crippen LogP contribution in [-0.2, 0) is 0 Å². The summed E-state index contributed by atoms with van der Waals surface area (Å²) in [5, 5.41) is 4.41. The fraction of sp³-hybridized carbons (Fsp3) is 0. The van der Waals surface area contributed by atoms with E-state index in [-0.39, 0.29) is 0 Å². The number of benzene rings is 1. The van der Waals surface area contributed by atoms with E-state index in [1.54, 1.807) is 30.5 Å². The van der Waals surface area contributed by atoms with E-state index in [0.29, 0.717) is 26.6 Å². The number of hydrogen-bond donors (Lipinski definition) is 3. The quantitative estimate of drug-likeness (QED) is 0.454. The molecule has 1 aromatic carbocycles. The van der Waals surface area contributed by atoms with Crippen molar-refractivity contribution in [3.05, 3.63) is 45.5 Å². The summed E-state index contributed by atoms with van der Waals surface area (Å²) in [5.74, 6) is 5.82. The Morgan fingerprint density at radius 2 is 1.72 bits per heavy atom. The predicted molar refractivity (Wildman–Crippen MR) is 76.8 cm³/mol. The number of anilines is 3. The first-order chi connectivity index (χ1) is 8.60. The molecule has 4 nitrogen and oxygen atoms in total. The normalized spacial score (nSPS) is 10.2. The molecule has 1 aromatic heterocycles. The minimum absolute atomic E-state index is 0.409. The molecule has 0 radical (unpaired) electrons. The number of rotatable bonds is 3. The van der Waals surface area contributed by atoms with Gasteiger partial charge in [0, 0.05) is 18.0 Å². The molecule has 0 aliphatic carbocycles. The van der Waals surface area contributed by atoms with E-state index in [0.717, 1.165) is 5.69 Å². The Balaban J connectivity index is 2.30. The van der Waals surface area contributed by atoms with E-state index in [2.05, 4.69) is 15.7 Å². The van der Waals surface area contributed by atoms with Gasteiger partial charge in [0.1, 0.15) is 5.82 Å². The Kier molecular flexibility index (Phi) is 4.14. The minimum atomic E-state index is 0.409. The number of hydrazine groups is 1. The van der Waals surface area contributed by atoms with Gasteiger partial charge in [-0.25, -0.2) is 10.8 Å². The highest BCUT2D eigenvalue weighted by molar-refractivity contribution is 6.44. The van der Waals surface area contributed by atoms with Crippen LogP contribution in [0.4, 0.5) is 17.2 Å². The average molecular weight is 304 g/mol. The van der Waals surface area contributed by atoms with Crippen molar-refractivity contribution in [3.63, 3.8) is 0 Å². The number of aromatic nitrogens is 1. The zero-order chi connectivity index (χ0) is 13.1. The lowest BCUT2D eigenvalue weighted by Gasteiger charge is -2.10.